The summed E-state index contributed by atoms with van der Waals surface area (Å²) in [5.41, 5.74) is 9.33. The zero-order chi connectivity index (χ0) is 12.5. The molecule has 0 fully saturated rings. The van der Waals surface area contributed by atoms with Crippen molar-refractivity contribution in [2.45, 2.75) is 4.90 Å². The van der Waals surface area contributed by atoms with Gasteiger partial charge in [-0.15, -0.1) is 0 Å². The van der Waals surface area contributed by atoms with Crippen LogP contribution in [0.1, 0.15) is 20.7 Å². The Hall–Kier alpha value is -1.93. The molecule has 1 aromatic rings. The molecule has 0 aliphatic carbocycles. The number of hydrogen-bond donors (Lipinski definition) is 3. The van der Waals surface area contributed by atoms with Gasteiger partial charge in [0, 0.05) is 0 Å². The van der Waals surface area contributed by atoms with Crippen LogP contribution in [-0.2, 0) is 10.1 Å². The van der Waals surface area contributed by atoms with Crippen LogP contribution in [0.4, 0.5) is 0 Å². The minimum Gasteiger partial charge on any atom is -0.366 e. The van der Waals surface area contributed by atoms with E-state index in [1.807, 2.05) is 0 Å². The first kappa shape index (κ1) is 12.1. The SMILES string of the molecule is NC(=O)c1ccc(S(=O)(=O)O)cc1C(N)=O. The van der Waals surface area contributed by atoms with Crippen LogP contribution in [0, 0.1) is 0 Å². The van der Waals surface area contributed by atoms with Gasteiger partial charge in [0.05, 0.1) is 16.0 Å². The summed E-state index contributed by atoms with van der Waals surface area (Å²) >= 11 is 0. The lowest BCUT2D eigenvalue weighted by Crippen LogP contribution is -2.21. The normalized spacial score (nSPS) is 11.1. The number of carbonyl (C=O) groups is 2. The Labute approximate surface area is 90.8 Å². The Kier molecular flexibility index (Phi) is 2.97. The van der Waals surface area contributed by atoms with E-state index in [0.717, 1.165) is 18.2 Å². The number of carbonyl (C=O) groups excluding carboxylic acids is 2. The van der Waals surface area contributed by atoms with Gasteiger partial charge in [0.2, 0.25) is 11.8 Å². The van der Waals surface area contributed by atoms with Gasteiger partial charge in [0.15, 0.2) is 0 Å². The van der Waals surface area contributed by atoms with Crippen molar-refractivity contribution in [2.24, 2.45) is 11.5 Å². The number of nitrogens with two attached hydrogens (primary N) is 2. The first-order chi connectivity index (χ1) is 7.23. The van der Waals surface area contributed by atoms with Gasteiger partial charge in [0.25, 0.3) is 10.1 Å². The maximum atomic E-state index is 10.9. The fourth-order valence-electron chi connectivity index (χ4n) is 1.10. The van der Waals surface area contributed by atoms with Crippen molar-refractivity contribution < 1.29 is 22.6 Å². The molecular weight excluding hydrogens is 236 g/mol. The summed E-state index contributed by atoms with van der Waals surface area (Å²) in [6.07, 6.45) is 0. The van der Waals surface area contributed by atoms with Crippen molar-refractivity contribution in [1.29, 1.82) is 0 Å². The molecule has 0 radical (unpaired) electrons. The molecule has 0 bridgehead atoms. The highest BCUT2D eigenvalue weighted by atomic mass is 32.2. The quantitative estimate of drug-likeness (QED) is 0.593. The summed E-state index contributed by atoms with van der Waals surface area (Å²) < 4.78 is 30.3. The van der Waals surface area contributed by atoms with E-state index in [4.69, 9.17) is 16.0 Å². The molecule has 0 aliphatic heterocycles. The average molecular weight is 244 g/mol. The molecule has 8 heteroatoms. The van der Waals surface area contributed by atoms with Gasteiger partial charge in [-0.3, -0.25) is 14.1 Å². The highest BCUT2D eigenvalue weighted by molar-refractivity contribution is 7.85. The molecule has 0 spiro atoms. The van der Waals surface area contributed by atoms with E-state index in [9.17, 15) is 18.0 Å². The van der Waals surface area contributed by atoms with Gasteiger partial charge >= 0.3 is 0 Å². The van der Waals surface area contributed by atoms with E-state index in [1.54, 1.807) is 0 Å². The summed E-state index contributed by atoms with van der Waals surface area (Å²) in [4.78, 5) is 21.3. The van der Waals surface area contributed by atoms with E-state index in [1.165, 1.54) is 0 Å². The predicted octanol–water partition coefficient (Wildman–Crippen LogP) is -0.869. The van der Waals surface area contributed by atoms with Gasteiger partial charge in [-0.25, -0.2) is 0 Å². The van der Waals surface area contributed by atoms with Crippen LogP contribution in [0.25, 0.3) is 0 Å². The van der Waals surface area contributed by atoms with Crippen LogP contribution >= 0.6 is 0 Å². The summed E-state index contributed by atoms with van der Waals surface area (Å²) in [7, 11) is -4.46. The molecular formula is C8H8N2O5S. The van der Waals surface area contributed by atoms with Crippen LogP contribution in [-0.4, -0.2) is 24.8 Å². The van der Waals surface area contributed by atoms with Gasteiger partial charge < -0.3 is 11.5 Å². The molecule has 0 aliphatic rings. The Bertz CT molecular complexity index is 564. The summed E-state index contributed by atoms with van der Waals surface area (Å²) in [6.45, 7) is 0. The molecule has 5 N–H and O–H groups in total. The molecule has 1 rings (SSSR count). The van der Waals surface area contributed by atoms with Crippen LogP contribution in [0.5, 0.6) is 0 Å². The average Bonchev–Trinajstić information content (AvgIpc) is 2.15. The second-order valence-electron chi connectivity index (χ2n) is 2.91. The molecule has 1 aromatic carbocycles. The smallest absolute Gasteiger partial charge is 0.294 e. The van der Waals surface area contributed by atoms with E-state index < -0.39 is 26.8 Å². The summed E-state index contributed by atoms with van der Waals surface area (Å²) in [5.74, 6) is -1.94. The maximum Gasteiger partial charge on any atom is 0.294 e. The maximum absolute atomic E-state index is 10.9. The molecule has 7 nitrogen and oxygen atoms in total. The molecule has 16 heavy (non-hydrogen) atoms. The Morgan fingerprint density at radius 1 is 1.06 bits per heavy atom. The second-order valence-corrected chi connectivity index (χ2v) is 4.33. The van der Waals surface area contributed by atoms with E-state index in [0.29, 0.717) is 0 Å². The number of amides is 2. The van der Waals surface area contributed by atoms with Gasteiger partial charge in [-0.05, 0) is 18.2 Å². The van der Waals surface area contributed by atoms with Gasteiger partial charge in [-0.1, -0.05) is 0 Å². The third kappa shape index (κ3) is 2.35. The lowest BCUT2D eigenvalue weighted by atomic mass is 10.1. The van der Waals surface area contributed by atoms with Crippen molar-refractivity contribution in [3.63, 3.8) is 0 Å². The fourth-order valence-corrected chi connectivity index (χ4v) is 1.61. The number of primary amides is 2. The zero-order valence-corrected chi connectivity index (χ0v) is 8.69. The number of rotatable bonds is 3. The Balaban J connectivity index is 3.52. The van der Waals surface area contributed by atoms with E-state index in [2.05, 4.69) is 0 Å². The van der Waals surface area contributed by atoms with Crippen LogP contribution in [0.3, 0.4) is 0 Å². The molecule has 0 atom stereocenters. The summed E-state index contributed by atoms with van der Waals surface area (Å²) in [6, 6.07) is 2.74. The minimum absolute atomic E-state index is 0.208. The molecule has 2 amide bonds. The molecule has 0 saturated carbocycles. The van der Waals surface area contributed by atoms with Gasteiger partial charge in [0.1, 0.15) is 0 Å². The standard InChI is InChI=1S/C8H8N2O5S/c9-7(11)5-2-1-4(16(13,14)15)3-6(5)8(10)12/h1-3H,(H2,9,11)(H2,10,12)(H,13,14,15). The third-order valence-corrected chi connectivity index (χ3v) is 2.67. The molecule has 0 unspecified atom stereocenters. The topological polar surface area (TPSA) is 141 Å². The van der Waals surface area contributed by atoms with Crippen LogP contribution in [0.15, 0.2) is 23.1 Å². The van der Waals surface area contributed by atoms with E-state index >= 15 is 0 Å². The first-order valence-corrected chi connectivity index (χ1v) is 5.38. The number of benzene rings is 1. The molecule has 0 heterocycles. The monoisotopic (exact) mass is 244 g/mol. The number of hydrogen-bond acceptors (Lipinski definition) is 4. The molecule has 0 saturated heterocycles. The lowest BCUT2D eigenvalue weighted by Gasteiger charge is -2.04. The Morgan fingerprint density at radius 3 is 1.94 bits per heavy atom. The minimum atomic E-state index is -4.46. The van der Waals surface area contributed by atoms with Crippen molar-refractivity contribution in [2.75, 3.05) is 0 Å². The van der Waals surface area contributed by atoms with Gasteiger partial charge in [-0.2, -0.15) is 8.42 Å². The zero-order valence-electron chi connectivity index (χ0n) is 7.88. The Morgan fingerprint density at radius 2 is 1.56 bits per heavy atom. The molecule has 86 valence electrons. The second kappa shape index (κ2) is 3.91. The highest BCUT2D eigenvalue weighted by Gasteiger charge is 2.17. The van der Waals surface area contributed by atoms with Crippen LogP contribution < -0.4 is 11.5 Å². The summed E-state index contributed by atoms with van der Waals surface area (Å²) in [5, 5.41) is 0. The van der Waals surface area contributed by atoms with Crippen molar-refractivity contribution in [1.82, 2.24) is 0 Å². The lowest BCUT2D eigenvalue weighted by molar-refractivity contribution is 0.0967. The predicted molar refractivity (Wildman–Crippen MR) is 53.3 cm³/mol. The van der Waals surface area contributed by atoms with Crippen molar-refractivity contribution in [3.8, 4) is 0 Å². The van der Waals surface area contributed by atoms with E-state index in [-0.39, 0.29) is 11.1 Å². The molecule has 0 aromatic heterocycles. The van der Waals surface area contributed by atoms with Crippen molar-refractivity contribution in [3.05, 3.63) is 29.3 Å². The van der Waals surface area contributed by atoms with Crippen molar-refractivity contribution >= 4 is 21.9 Å². The van der Waals surface area contributed by atoms with Crippen LogP contribution in [0.2, 0.25) is 0 Å². The first-order valence-electron chi connectivity index (χ1n) is 3.94. The largest absolute Gasteiger partial charge is 0.366 e. The highest BCUT2D eigenvalue weighted by Crippen LogP contribution is 2.15. The fraction of sp³-hybridized carbons (Fsp3) is 0. The third-order valence-electron chi connectivity index (χ3n) is 1.82.